The number of unbranched alkanes of at least 4 members (excludes halogenated alkanes) is 1. The minimum atomic E-state index is -0.177. The van der Waals surface area contributed by atoms with Crippen molar-refractivity contribution in [2.45, 2.75) is 26.7 Å². The topological polar surface area (TPSA) is 66.9 Å². The first kappa shape index (κ1) is 16.4. The van der Waals surface area contributed by atoms with Crippen molar-refractivity contribution >= 4 is 33.3 Å². The van der Waals surface area contributed by atoms with Crippen LogP contribution in [0.4, 0.5) is 11.5 Å². The Bertz CT molecular complexity index is 660. The SMILES string of the molecule is CCCCNC(=O)c1cc(Nc2ccc(C)c(Br)c2)ncn1. The van der Waals surface area contributed by atoms with Gasteiger partial charge in [0.25, 0.3) is 5.91 Å². The molecule has 0 aliphatic carbocycles. The van der Waals surface area contributed by atoms with Crippen LogP contribution in [0.2, 0.25) is 0 Å². The lowest BCUT2D eigenvalue weighted by Crippen LogP contribution is -2.25. The summed E-state index contributed by atoms with van der Waals surface area (Å²) in [4.78, 5) is 20.2. The number of halogens is 1. The second kappa shape index (κ2) is 7.89. The highest BCUT2D eigenvalue weighted by atomic mass is 79.9. The zero-order valence-corrected chi connectivity index (χ0v) is 14.3. The van der Waals surface area contributed by atoms with Crippen LogP contribution in [0.3, 0.4) is 0 Å². The van der Waals surface area contributed by atoms with Crippen molar-refractivity contribution in [3.05, 3.63) is 46.3 Å². The van der Waals surface area contributed by atoms with Crippen molar-refractivity contribution in [2.75, 3.05) is 11.9 Å². The second-order valence-electron chi connectivity index (χ2n) is 4.99. The minimum Gasteiger partial charge on any atom is -0.351 e. The maximum Gasteiger partial charge on any atom is 0.270 e. The number of nitrogens with zero attached hydrogens (tertiary/aromatic N) is 2. The summed E-state index contributed by atoms with van der Waals surface area (Å²) < 4.78 is 1.02. The quantitative estimate of drug-likeness (QED) is 0.766. The molecule has 0 bridgehead atoms. The average Bonchev–Trinajstić information content (AvgIpc) is 2.51. The van der Waals surface area contributed by atoms with Crippen LogP contribution < -0.4 is 10.6 Å². The standard InChI is InChI=1S/C16H19BrN4O/c1-3-4-7-18-16(22)14-9-15(20-10-19-14)21-12-6-5-11(2)13(17)8-12/h5-6,8-10H,3-4,7H2,1-2H3,(H,18,22)(H,19,20,21). The first-order valence-electron chi connectivity index (χ1n) is 7.23. The molecule has 0 saturated heterocycles. The van der Waals surface area contributed by atoms with Gasteiger partial charge >= 0.3 is 0 Å². The number of hydrogen-bond acceptors (Lipinski definition) is 4. The predicted octanol–water partition coefficient (Wildman–Crippen LogP) is 3.82. The number of aryl methyl sites for hydroxylation is 1. The highest BCUT2D eigenvalue weighted by molar-refractivity contribution is 9.10. The molecule has 0 spiro atoms. The van der Waals surface area contributed by atoms with Crippen LogP contribution in [0.25, 0.3) is 0 Å². The Kier molecular flexibility index (Phi) is 5.89. The summed E-state index contributed by atoms with van der Waals surface area (Å²) in [6.45, 7) is 4.77. The van der Waals surface area contributed by atoms with Gasteiger partial charge in [0.2, 0.25) is 0 Å². The maximum atomic E-state index is 12.0. The van der Waals surface area contributed by atoms with Crippen molar-refractivity contribution < 1.29 is 4.79 Å². The molecule has 0 radical (unpaired) electrons. The molecule has 0 aliphatic rings. The molecule has 2 N–H and O–H groups in total. The van der Waals surface area contributed by atoms with E-state index in [0.29, 0.717) is 18.1 Å². The molecule has 1 aromatic carbocycles. The third kappa shape index (κ3) is 4.53. The molecule has 0 atom stereocenters. The fraction of sp³-hybridized carbons (Fsp3) is 0.312. The number of amides is 1. The number of benzene rings is 1. The van der Waals surface area contributed by atoms with Gasteiger partial charge in [-0.2, -0.15) is 0 Å². The highest BCUT2D eigenvalue weighted by Gasteiger charge is 2.08. The van der Waals surface area contributed by atoms with Crippen LogP contribution >= 0.6 is 15.9 Å². The largest absolute Gasteiger partial charge is 0.351 e. The molecular formula is C16H19BrN4O. The van der Waals surface area contributed by atoms with Gasteiger partial charge < -0.3 is 10.6 Å². The van der Waals surface area contributed by atoms with E-state index in [1.807, 2.05) is 25.1 Å². The van der Waals surface area contributed by atoms with E-state index in [1.54, 1.807) is 6.07 Å². The fourth-order valence-corrected chi connectivity index (χ4v) is 2.22. The molecule has 116 valence electrons. The van der Waals surface area contributed by atoms with Crippen LogP contribution in [0.15, 0.2) is 35.1 Å². The first-order valence-corrected chi connectivity index (χ1v) is 8.03. The molecule has 0 saturated carbocycles. The Morgan fingerprint density at radius 3 is 2.82 bits per heavy atom. The van der Waals surface area contributed by atoms with Gasteiger partial charge in [0.05, 0.1) is 0 Å². The normalized spacial score (nSPS) is 10.3. The molecule has 0 unspecified atom stereocenters. The third-order valence-corrected chi connectivity index (χ3v) is 4.01. The van der Waals surface area contributed by atoms with E-state index in [4.69, 9.17) is 0 Å². The van der Waals surface area contributed by atoms with Gasteiger partial charge in [-0.15, -0.1) is 0 Å². The Morgan fingerprint density at radius 2 is 2.09 bits per heavy atom. The lowest BCUT2D eigenvalue weighted by Gasteiger charge is -2.08. The molecule has 5 nitrogen and oxygen atoms in total. The number of nitrogens with one attached hydrogen (secondary N) is 2. The zero-order chi connectivity index (χ0) is 15.9. The van der Waals surface area contributed by atoms with E-state index in [1.165, 1.54) is 6.33 Å². The van der Waals surface area contributed by atoms with Gasteiger partial charge in [-0.05, 0) is 31.0 Å². The predicted molar refractivity (Wildman–Crippen MR) is 91.4 cm³/mol. The summed E-state index contributed by atoms with van der Waals surface area (Å²) in [5.41, 5.74) is 2.41. The van der Waals surface area contributed by atoms with E-state index in [2.05, 4.69) is 43.5 Å². The van der Waals surface area contributed by atoms with Crippen molar-refractivity contribution in [1.29, 1.82) is 0 Å². The number of hydrogen-bond donors (Lipinski definition) is 2. The molecule has 22 heavy (non-hydrogen) atoms. The summed E-state index contributed by atoms with van der Waals surface area (Å²) in [5.74, 6) is 0.412. The van der Waals surface area contributed by atoms with Crippen LogP contribution in [-0.2, 0) is 0 Å². The lowest BCUT2D eigenvalue weighted by atomic mass is 10.2. The van der Waals surface area contributed by atoms with E-state index >= 15 is 0 Å². The summed E-state index contributed by atoms with van der Waals surface area (Å²) >= 11 is 3.50. The molecule has 0 fully saturated rings. The van der Waals surface area contributed by atoms with E-state index < -0.39 is 0 Å². The monoisotopic (exact) mass is 362 g/mol. The zero-order valence-electron chi connectivity index (χ0n) is 12.7. The molecule has 2 aromatic rings. The molecule has 0 aliphatic heterocycles. The number of carbonyl (C=O) groups is 1. The number of rotatable bonds is 6. The Balaban J connectivity index is 2.07. The molecule has 2 rings (SSSR count). The lowest BCUT2D eigenvalue weighted by molar-refractivity contribution is 0.0948. The minimum absolute atomic E-state index is 0.177. The van der Waals surface area contributed by atoms with Crippen molar-refractivity contribution in [3.63, 3.8) is 0 Å². The third-order valence-electron chi connectivity index (χ3n) is 3.16. The van der Waals surface area contributed by atoms with E-state index in [-0.39, 0.29) is 5.91 Å². The summed E-state index contributed by atoms with van der Waals surface area (Å²) in [7, 11) is 0. The van der Waals surface area contributed by atoms with Crippen LogP contribution in [0, 0.1) is 6.92 Å². The van der Waals surface area contributed by atoms with Gasteiger partial charge in [0.15, 0.2) is 0 Å². The molecule has 6 heteroatoms. The van der Waals surface area contributed by atoms with Crippen molar-refractivity contribution in [2.24, 2.45) is 0 Å². The summed E-state index contributed by atoms with van der Waals surface area (Å²) in [6.07, 6.45) is 3.39. The Morgan fingerprint density at radius 1 is 1.27 bits per heavy atom. The van der Waals surface area contributed by atoms with E-state index in [0.717, 1.165) is 28.6 Å². The van der Waals surface area contributed by atoms with Crippen LogP contribution in [0.5, 0.6) is 0 Å². The fourth-order valence-electron chi connectivity index (χ4n) is 1.84. The average molecular weight is 363 g/mol. The number of anilines is 2. The molecule has 1 amide bonds. The molecule has 1 aromatic heterocycles. The van der Waals surface area contributed by atoms with Gasteiger partial charge in [-0.25, -0.2) is 9.97 Å². The number of aromatic nitrogens is 2. The molecular weight excluding hydrogens is 344 g/mol. The Labute approximate surface area is 138 Å². The Hall–Kier alpha value is -1.95. The van der Waals surface area contributed by atoms with Crippen molar-refractivity contribution in [3.8, 4) is 0 Å². The molecule has 1 heterocycles. The maximum absolute atomic E-state index is 12.0. The van der Waals surface area contributed by atoms with Crippen LogP contribution in [-0.4, -0.2) is 22.4 Å². The smallest absolute Gasteiger partial charge is 0.270 e. The van der Waals surface area contributed by atoms with Gasteiger partial charge in [-0.1, -0.05) is 35.3 Å². The summed E-state index contributed by atoms with van der Waals surface area (Å²) in [5, 5.41) is 6.02. The number of carbonyl (C=O) groups excluding carboxylic acids is 1. The van der Waals surface area contributed by atoms with Crippen molar-refractivity contribution in [1.82, 2.24) is 15.3 Å². The first-order chi connectivity index (χ1) is 10.6. The van der Waals surface area contributed by atoms with E-state index in [9.17, 15) is 4.79 Å². The summed E-state index contributed by atoms with van der Waals surface area (Å²) in [6, 6.07) is 7.59. The van der Waals surface area contributed by atoms with Gasteiger partial charge in [-0.3, -0.25) is 4.79 Å². The van der Waals surface area contributed by atoms with Gasteiger partial charge in [0.1, 0.15) is 17.8 Å². The van der Waals surface area contributed by atoms with Crippen LogP contribution in [0.1, 0.15) is 35.8 Å². The van der Waals surface area contributed by atoms with Gasteiger partial charge in [0, 0.05) is 22.8 Å². The second-order valence-corrected chi connectivity index (χ2v) is 5.84. The highest BCUT2D eigenvalue weighted by Crippen LogP contribution is 2.22.